The first-order valence-electron chi connectivity index (χ1n) is 30.4. The van der Waals surface area contributed by atoms with Crippen LogP contribution in [0.4, 0.5) is 0 Å². The molecular weight excluding hydrogens is 877 g/mol. The van der Waals surface area contributed by atoms with Gasteiger partial charge in [0.15, 0.2) is 6.10 Å². The van der Waals surface area contributed by atoms with Crippen LogP contribution in [0, 0.1) is 0 Å². The molecule has 6 heteroatoms. The van der Waals surface area contributed by atoms with Crippen molar-refractivity contribution in [2.45, 2.75) is 309 Å². The van der Waals surface area contributed by atoms with E-state index in [9.17, 15) is 14.4 Å². The maximum absolute atomic E-state index is 12.9. The van der Waals surface area contributed by atoms with Crippen molar-refractivity contribution >= 4 is 17.9 Å². The van der Waals surface area contributed by atoms with E-state index in [2.05, 4.69) is 93.7 Å². The van der Waals surface area contributed by atoms with Gasteiger partial charge in [-0.05, 0) is 116 Å². The molecule has 410 valence electrons. The van der Waals surface area contributed by atoms with E-state index >= 15 is 0 Å². The molecule has 0 saturated carbocycles. The third kappa shape index (κ3) is 57.6. The molecule has 0 radical (unpaired) electrons. The predicted octanol–water partition coefficient (Wildman–Crippen LogP) is 20.5. The number of rotatable bonds is 55. The first kappa shape index (κ1) is 67.8. The third-order valence-corrected chi connectivity index (χ3v) is 13.2. The molecule has 0 aromatic rings. The maximum atomic E-state index is 12.9. The van der Waals surface area contributed by atoms with E-state index in [1.165, 1.54) is 180 Å². The van der Waals surface area contributed by atoms with E-state index < -0.39 is 6.10 Å². The lowest BCUT2D eigenvalue weighted by Gasteiger charge is -2.18. The highest BCUT2D eigenvalue weighted by Gasteiger charge is 2.19. The largest absolute Gasteiger partial charge is 0.462 e. The van der Waals surface area contributed by atoms with Crippen molar-refractivity contribution in [3.63, 3.8) is 0 Å². The van der Waals surface area contributed by atoms with Gasteiger partial charge in [-0.15, -0.1) is 0 Å². The van der Waals surface area contributed by atoms with Crippen LogP contribution < -0.4 is 0 Å². The average Bonchev–Trinajstić information content (AvgIpc) is 3.37. The fraction of sp³-hybridized carbons (Fsp3) is 0.769. The lowest BCUT2D eigenvalue weighted by molar-refractivity contribution is -0.167. The molecule has 0 heterocycles. The summed E-state index contributed by atoms with van der Waals surface area (Å²) in [5.74, 6) is -0.915. The maximum Gasteiger partial charge on any atom is 0.306 e. The van der Waals surface area contributed by atoms with E-state index in [1.54, 1.807) is 0 Å². The number of allylic oxidation sites excluding steroid dienone is 12. The molecule has 0 aliphatic rings. The summed E-state index contributed by atoms with van der Waals surface area (Å²) >= 11 is 0. The molecule has 0 bridgehead atoms. The van der Waals surface area contributed by atoms with Gasteiger partial charge < -0.3 is 14.2 Å². The van der Waals surface area contributed by atoms with Crippen molar-refractivity contribution in [1.29, 1.82) is 0 Å². The fourth-order valence-electron chi connectivity index (χ4n) is 8.53. The van der Waals surface area contributed by atoms with Gasteiger partial charge in [-0.3, -0.25) is 14.4 Å². The average molecular weight is 992 g/mol. The molecular formula is C65H114O6. The Kier molecular flexibility index (Phi) is 56.8. The highest BCUT2D eigenvalue weighted by Crippen LogP contribution is 2.15. The Hall–Kier alpha value is -3.15. The molecule has 0 amide bonds. The zero-order valence-corrected chi connectivity index (χ0v) is 47.0. The normalized spacial score (nSPS) is 12.5. The van der Waals surface area contributed by atoms with Gasteiger partial charge in [0.05, 0.1) is 0 Å². The SMILES string of the molecule is CCCCC/C=C\C/C=C\C/C=C\C/C=C\CCCCCC(=O)OC[C@H](COC(=O)CCCCCCCCC/C=C\CCCCCC)OC(=O)CCCCCCCCCCC/C=C\CCCCCCCC. The molecule has 0 aromatic carbocycles. The van der Waals surface area contributed by atoms with Crippen molar-refractivity contribution in [3.8, 4) is 0 Å². The van der Waals surface area contributed by atoms with Crippen LogP contribution >= 0.6 is 0 Å². The number of carbonyl (C=O) groups excluding carboxylic acids is 3. The molecule has 0 unspecified atom stereocenters. The Balaban J connectivity index is 4.43. The molecule has 0 fully saturated rings. The Bertz CT molecular complexity index is 1320. The quantitative estimate of drug-likeness (QED) is 0.0261. The molecule has 6 nitrogen and oxygen atoms in total. The van der Waals surface area contributed by atoms with Gasteiger partial charge >= 0.3 is 17.9 Å². The second kappa shape index (κ2) is 59.4. The van der Waals surface area contributed by atoms with Crippen LogP contribution in [0.15, 0.2) is 72.9 Å². The highest BCUT2D eigenvalue weighted by molar-refractivity contribution is 5.71. The van der Waals surface area contributed by atoms with Crippen LogP contribution in [0.25, 0.3) is 0 Å². The molecule has 0 saturated heterocycles. The fourth-order valence-corrected chi connectivity index (χ4v) is 8.53. The van der Waals surface area contributed by atoms with Crippen molar-refractivity contribution in [1.82, 2.24) is 0 Å². The second-order valence-corrected chi connectivity index (χ2v) is 20.2. The van der Waals surface area contributed by atoms with E-state index in [1.807, 2.05) is 0 Å². The zero-order valence-electron chi connectivity index (χ0n) is 47.0. The zero-order chi connectivity index (χ0) is 51.4. The number of esters is 3. The van der Waals surface area contributed by atoms with Gasteiger partial charge in [-0.2, -0.15) is 0 Å². The van der Waals surface area contributed by atoms with Crippen LogP contribution in [-0.4, -0.2) is 37.2 Å². The van der Waals surface area contributed by atoms with Crippen molar-refractivity contribution in [2.75, 3.05) is 13.2 Å². The van der Waals surface area contributed by atoms with Gasteiger partial charge in [0, 0.05) is 19.3 Å². The minimum absolute atomic E-state index is 0.0877. The lowest BCUT2D eigenvalue weighted by Crippen LogP contribution is -2.30. The Morgan fingerprint density at radius 1 is 0.282 bits per heavy atom. The van der Waals surface area contributed by atoms with Crippen molar-refractivity contribution in [2.24, 2.45) is 0 Å². The van der Waals surface area contributed by atoms with Gasteiger partial charge in [0.1, 0.15) is 13.2 Å². The highest BCUT2D eigenvalue weighted by atomic mass is 16.6. The van der Waals surface area contributed by atoms with Gasteiger partial charge in [-0.1, -0.05) is 241 Å². The second-order valence-electron chi connectivity index (χ2n) is 20.2. The number of ether oxygens (including phenoxy) is 3. The lowest BCUT2D eigenvalue weighted by atomic mass is 10.1. The van der Waals surface area contributed by atoms with Crippen molar-refractivity contribution in [3.05, 3.63) is 72.9 Å². The van der Waals surface area contributed by atoms with E-state index in [-0.39, 0.29) is 31.1 Å². The van der Waals surface area contributed by atoms with Crippen molar-refractivity contribution < 1.29 is 28.6 Å². The molecule has 0 aliphatic carbocycles. The minimum Gasteiger partial charge on any atom is -0.462 e. The number of unbranched alkanes of at least 4 members (excludes halogenated alkanes) is 32. The molecule has 71 heavy (non-hydrogen) atoms. The summed E-state index contributed by atoms with van der Waals surface area (Å²) in [4.78, 5) is 38.2. The number of carbonyl (C=O) groups is 3. The van der Waals surface area contributed by atoms with Crippen LogP contribution in [0.5, 0.6) is 0 Å². The summed E-state index contributed by atoms with van der Waals surface area (Å²) in [6.07, 6.45) is 76.0. The van der Waals surface area contributed by atoms with Crippen LogP contribution in [0.3, 0.4) is 0 Å². The Morgan fingerprint density at radius 3 is 0.859 bits per heavy atom. The number of hydrogen-bond acceptors (Lipinski definition) is 6. The topological polar surface area (TPSA) is 78.9 Å². The molecule has 0 N–H and O–H groups in total. The van der Waals surface area contributed by atoms with E-state index in [0.29, 0.717) is 19.3 Å². The van der Waals surface area contributed by atoms with Gasteiger partial charge in [-0.25, -0.2) is 0 Å². The summed E-state index contributed by atoms with van der Waals surface area (Å²) in [6.45, 7) is 6.59. The molecule has 0 spiro atoms. The predicted molar refractivity (Wildman–Crippen MR) is 307 cm³/mol. The molecule has 0 rings (SSSR count). The number of hydrogen-bond donors (Lipinski definition) is 0. The first-order valence-corrected chi connectivity index (χ1v) is 30.4. The Labute approximate surface area is 440 Å². The van der Waals surface area contributed by atoms with E-state index in [0.717, 1.165) is 83.5 Å². The monoisotopic (exact) mass is 991 g/mol. The molecule has 0 aromatic heterocycles. The minimum atomic E-state index is -0.792. The smallest absolute Gasteiger partial charge is 0.306 e. The summed E-state index contributed by atoms with van der Waals surface area (Å²) in [6, 6.07) is 0. The molecule has 1 atom stereocenters. The third-order valence-electron chi connectivity index (χ3n) is 13.2. The molecule has 0 aliphatic heterocycles. The van der Waals surface area contributed by atoms with Gasteiger partial charge in [0.25, 0.3) is 0 Å². The summed E-state index contributed by atoms with van der Waals surface area (Å²) < 4.78 is 16.9. The standard InChI is InChI=1S/C65H114O6/c1-4-7-10-13-16-19-22-25-28-30-32-34-37-40-43-46-49-52-55-58-64(67)70-61-62(60-69-63(66)57-54-51-48-45-42-39-36-27-24-21-18-15-12-9-6-3)71-65(68)59-56-53-50-47-44-41-38-35-33-31-29-26-23-20-17-14-11-8-5-2/h16,19,21,24-26,28-29,32,34,40,43,62H,4-15,17-18,20,22-23,27,30-31,33,35-39,41-42,44-61H2,1-3H3/b19-16-,24-21-,28-25-,29-26-,34-32-,43-40-/t62-/m0/s1. The first-order chi connectivity index (χ1) is 35.0. The van der Waals surface area contributed by atoms with Crippen LogP contribution in [0.1, 0.15) is 303 Å². The van der Waals surface area contributed by atoms with E-state index in [4.69, 9.17) is 14.2 Å². The van der Waals surface area contributed by atoms with Crippen LogP contribution in [0.2, 0.25) is 0 Å². The summed E-state index contributed by atoms with van der Waals surface area (Å²) in [5, 5.41) is 0. The summed E-state index contributed by atoms with van der Waals surface area (Å²) in [5.41, 5.74) is 0. The van der Waals surface area contributed by atoms with Gasteiger partial charge in [0.2, 0.25) is 0 Å². The Morgan fingerprint density at radius 2 is 0.507 bits per heavy atom. The van der Waals surface area contributed by atoms with Crippen LogP contribution in [-0.2, 0) is 28.6 Å². The summed E-state index contributed by atoms with van der Waals surface area (Å²) in [7, 11) is 0.